The van der Waals surface area contributed by atoms with Crippen molar-refractivity contribution in [3.8, 4) is 0 Å². The number of nitrogens with one attached hydrogen (secondary N) is 2. The number of amides is 4. The molecule has 2 aromatic rings. The van der Waals surface area contributed by atoms with Crippen LogP contribution in [0.5, 0.6) is 0 Å². The molecule has 8 rings (SSSR count). The normalized spacial score (nSPS) is 23.7. The molecule has 0 radical (unpaired) electrons. The van der Waals surface area contributed by atoms with Crippen LogP contribution in [-0.4, -0.2) is 162 Å². The fourth-order valence-electron chi connectivity index (χ4n) is 12.8. The molecule has 0 bridgehead atoms. The Morgan fingerprint density at radius 2 is 1.10 bits per heavy atom. The number of hydrogen-bond donors (Lipinski definition) is 3. The summed E-state index contributed by atoms with van der Waals surface area (Å²) >= 11 is 0. The molecule has 2 aromatic carbocycles. The van der Waals surface area contributed by atoms with Crippen LogP contribution < -0.4 is 16.4 Å². The van der Waals surface area contributed by atoms with Gasteiger partial charge in [-0.05, 0) is 174 Å². The number of carbonyl (C=O) groups is 5. The molecule has 78 heavy (non-hydrogen) atoms. The summed E-state index contributed by atoms with van der Waals surface area (Å²) in [5, 5.41) is 6.20. The fraction of sp³-hybridized carbons (Fsp3) is 0.730. The highest BCUT2D eigenvalue weighted by molar-refractivity contribution is 14.0. The van der Waals surface area contributed by atoms with E-state index in [4.69, 9.17) is 10.5 Å². The molecule has 14 nitrogen and oxygen atoms in total. The second kappa shape index (κ2) is 33.3. The van der Waals surface area contributed by atoms with Crippen molar-refractivity contribution < 1.29 is 28.7 Å². The molecule has 0 aromatic heterocycles. The minimum Gasteiger partial charge on any atom is -0.444 e. The molecule has 4 N–H and O–H groups in total. The van der Waals surface area contributed by atoms with E-state index >= 15 is 0 Å². The Labute approximate surface area is 488 Å². The number of rotatable bonds is 15. The number of Topliss-reactive ketones (excluding diaryl/α,β-unsaturated/α-hetero) is 1. The number of ketones is 1. The summed E-state index contributed by atoms with van der Waals surface area (Å²) in [6.45, 7) is 18.5. The molecular formula is C63H105IN8O6. The molecule has 0 spiro atoms. The maximum absolute atomic E-state index is 14.0. The molecule has 4 aliphatic heterocycles. The Morgan fingerprint density at radius 1 is 0.654 bits per heavy atom. The van der Waals surface area contributed by atoms with Gasteiger partial charge in [-0.3, -0.25) is 19.2 Å². The van der Waals surface area contributed by atoms with Crippen LogP contribution in [0.2, 0.25) is 0 Å². The summed E-state index contributed by atoms with van der Waals surface area (Å²) in [7, 11) is 3.35. The lowest BCUT2D eigenvalue weighted by Crippen LogP contribution is -2.57. The van der Waals surface area contributed by atoms with Crippen LogP contribution in [0.4, 0.5) is 4.79 Å². The van der Waals surface area contributed by atoms with Gasteiger partial charge in [0, 0.05) is 58.4 Å². The van der Waals surface area contributed by atoms with Gasteiger partial charge >= 0.3 is 6.09 Å². The molecule has 2 saturated carbocycles. The fourth-order valence-corrected chi connectivity index (χ4v) is 12.8. The first-order valence-corrected chi connectivity index (χ1v) is 29.8. The first-order chi connectivity index (χ1) is 36.4. The first kappa shape index (κ1) is 66.9. The van der Waals surface area contributed by atoms with Crippen molar-refractivity contribution in [1.29, 1.82) is 0 Å². The lowest BCUT2D eigenvalue weighted by Gasteiger charge is -2.37. The molecule has 6 fully saturated rings. The predicted molar refractivity (Wildman–Crippen MR) is 327 cm³/mol. The van der Waals surface area contributed by atoms with Crippen molar-refractivity contribution in [1.82, 2.24) is 35.1 Å². The molecule has 440 valence electrons. The number of nitrogens with two attached hydrogens (primary N) is 1. The van der Waals surface area contributed by atoms with E-state index in [1.165, 1.54) is 80.7 Å². The second-order valence-electron chi connectivity index (χ2n) is 24.3. The highest BCUT2D eigenvalue weighted by Crippen LogP contribution is 2.36. The first-order valence-electron chi connectivity index (χ1n) is 29.8. The number of halogens is 1. The molecule has 4 amide bonds. The summed E-state index contributed by atoms with van der Waals surface area (Å²) < 4.78 is 5.11. The maximum atomic E-state index is 14.0. The van der Waals surface area contributed by atoms with Crippen molar-refractivity contribution in [2.45, 2.75) is 206 Å². The van der Waals surface area contributed by atoms with Crippen molar-refractivity contribution in [2.24, 2.45) is 29.4 Å². The van der Waals surface area contributed by atoms with Crippen LogP contribution in [0.15, 0.2) is 60.7 Å². The number of carbonyl (C=O) groups excluding carboxylic acids is 5. The van der Waals surface area contributed by atoms with Crippen LogP contribution in [0.3, 0.4) is 0 Å². The van der Waals surface area contributed by atoms with Gasteiger partial charge in [-0.2, -0.15) is 0 Å². The lowest BCUT2D eigenvalue weighted by atomic mass is 9.83. The predicted octanol–water partition coefficient (Wildman–Crippen LogP) is 9.75. The Morgan fingerprint density at radius 3 is 1.54 bits per heavy atom. The van der Waals surface area contributed by atoms with E-state index in [1.54, 1.807) is 41.8 Å². The quantitative estimate of drug-likeness (QED) is 0.147. The highest BCUT2D eigenvalue weighted by Gasteiger charge is 2.44. The van der Waals surface area contributed by atoms with E-state index in [9.17, 15) is 24.0 Å². The summed E-state index contributed by atoms with van der Waals surface area (Å²) in [5.41, 5.74) is 8.75. The van der Waals surface area contributed by atoms with Crippen molar-refractivity contribution in [3.05, 3.63) is 71.8 Å². The largest absolute Gasteiger partial charge is 0.444 e. The van der Waals surface area contributed by atoms with E-state index in [-0.39, 0.29) is 85.0 Å². The van der Waals surface area contributed by atoms with E-state index in [0.29, 0.717) is 23.8 Å². The van der Waals surface area contributed by atoms with Gasteiger partial charge in [0.1, 0.15) is 11.6 Å². The smallest absolute Gasteiger partial charge is 0.410 e. The number of fused-ring (bicyclic) bond motifs is 2. The van der Waals surface area contributed by atoms with Crippen LogP contribution >= 0.6 is 24.0 Å². The zero-order valence-electron chi connectivity index (χ0n) is 48.6. The SMILES string of the molecule is C.CC(=O)[C@@H](C)N(C)C(=O)OC(C)(C)C.CN[C@@H](C)C(=O)N[C@H](C(=O)N1CC[C@H]2CCCN(CCc3ccccc3)C[C@H]21)C1CCCCC1.I.N[C@H](C(=O)N1CC[C@H]2CCCN(CCc3ccccc3)C[C@H]21)C1CCCCC1. The Kier molecular flexibility index (Phi) is 28.6. The number of likely N-dealkylation sites (N-methyl/N-ethyl adjacent to an activating group) is 2. The standard InChI is InChI=1S/C28H44N4O2.C24H37N3O.C10H19NO3.CH4.HI/c1-21(29-2)27(33)30-26(24-12-7-4-8-13-24)28(34)32-19-16-23-14-9-17-31(20-25(23)32)18-15-22-10-5-3-6-11-22;25-23(21-10-5-2-6-11-21)24(28)27-17-14-20-12-7-15-26(18-22(20)27)16-13-19-8-3-1-4-9-19;1-7(8(2)12)11(6)9(13)14-10(3,4)5;;/h3,5-6,10-11,21,23-26,29H,4,7-9,12-20H2,1-2H3,(H,30,33);1,3-4,8-9,20-23H,2,5-7,10-18,25H2;7H,1-6H3;1H4;1H/t21-,23+,25+,26-;20-,22-,23+;7-;;/m011../s1. The summed E-state index contributed by atoms with van der Waals surface area (Å²) in [6.07, 6.45) is 20.6. The molecule has 15 heteroatoms. The Balaban J connectivity index is 0.000000270. The van der Waals surface area contributed by atoms with Crippen LogP contribution in [0, 0.1) is 23.7 Å². The van der Waals surface area contributed by atoms with Crippen molar-refractivity contribution in [2.75, 3.05) is 66.5 Å². The number of likely N-dealkylation sites (tertiary alicyclic amines) is 4. The number of nitrogens with zero attached hydrogens (tertiary/aromatic N) is 5. The Hall–Kier alpha value is -3.64. The van der Waals surface area contributed by atoms with Crippen molar-refractivity contribution in [3.63, 3.8) is 0 Å². The van der Waals surface area contributed by atoms with E-state index < -0.39 is 17.7 Å². The molecule has 4 heterocycles. The summed E-state index contributed by atoms with van der Waals surface area (Å²) in [6, 6.07) is 20.7. The molecular weight excluding hydrogens is 1090 g/mol. The third-order valence-electron chi connectivity index (χ3n) is 17.8. The zero-order chi connectivity index (χ0) is 54.8. The number of ether oxygens (including phenoxy) is 1. The average Bonchev–Trinajstić information content (AvgIpc) is 3.91. The molecule has 2 aliphatic carbocycles. The zero-order valence-corrected chi connectivity index (χ0v) is 50.9. The minimum atomic E-state index is -0.526. The molecule has 4 saturated heterocycles. The van der Waals surface area contributed by atoms with Gasteiger partial charge in [0.2, 0.25) is 17.7 Å². The number of benzene rings is 2. The average molecular weight is 1200 g/mol. The van der Waals surface area contributed by atoms with Crippen LogP contribution in [0.1, 0.15) is 163 Å². The molecule has 6 aliphatic rings. The van der Waals surface area contributed by atoms with Gasteiger partial charge in [0.25, 0.3) is 0 Å². The lowest BCUT2D eigenvalue weighted by molar-refractivity contribution is -0.140. The maximum Gasteiger partial charge on any atom is 0.410 e. The highest BCUT2D eigenvalue weighted by atomic mass is 127. The second-order valence-corrected chi connectivity index (χ2v) is 24.3. The summed E-state index contributed by atoms with van der Waals surface area (Å²) in [4.78, 5) is 73.4. The van der Waals surface area contributed by atoms with E-state index in [1.807, 2.05) is 6.92 Å². The Bertz CT molecular complexity index is 2100. The topological polar surface area (TPSA) is 161 Å². The van der Waals surface area contributed by atoms with Gasteiger partial charge in [0.15, 0.2) is 5.78 Å². The molecule has 8 atom stereocenters. The monoisotopic (exact) mass is 1200 g/mol. The van der Waals surface area contributed by atoms with Gasteiger partial charge in [-0.1, -0.05) is 107 Å². The van der Waals surface area contributed by atoms with Gasteiger partial charge in [0.05, 0.1) is 18.1 Å². The van der Waals surface area contributed by atoms with Crippen LogP contribution in [0.25, 0.3) is 0 Å². The van der Waals surface area contributed by atoms with E-state index in [2.05, 4.69) is 90.9 Å². The van der Waals surface area contributed by atoms with Crippen LogP contribution in [-0.2, 0) is 36.8 Å². The van der Waals surface area contributed by atoms with E-state index in [0.717, 1.165) is 110 Å². The third kappa shape index (κ3) is 20.1. The minimum absolute atomic E-state index is 0. The molecule has 0 unspecified atom stereocenters. The summed E-state index contributed by atoms with van der Waals surface area (Å²) in [5.74, 6) is 2.21. The van der Waals surface area contributed by atoms with Gasteiger partial charge < -0.3 is 45.6 Å². The van der Waals surface area contributed by atoms with Crippen molar-refractivity contribution >= 4 is 53.6 Å². The third-order valence-corrected chi connectivity index (χ3v) is 17.8. The van der Waals surface area contributed by atoms with Gasteiger partial charge in [-0.25, -0.2) is 4.79 Å². The number of hydrogen-bond acceptors (Lipinski definition) is 10. The van der Waals surface area contributed by atoms with Gasteiger partial charge in [-0.15, -0.1) is 24.0 Å².